The first-order chi connectivity index (χ1) is 10.1. The van der Waals surface area contributed by atoms with Crippen molar-refractivity contribution in [1.29, 1.82) is 0 Å². The zero-order valence-corrected chi connectivity index (χ0v) is 12.3. The number of amides is 2. The van der Waals surface area contributed by atoms with Crippen LogP contribution in [0, 0.1) is 5.92 Å². The molecule has 1 unspecified atom stereocenters. The molecule has 0 aliphatic heterocycles. The van der Waals surface area contributed by atoms with Crippen molar-refractivity contribution >= 4 is 28.3 Å². The Morgan fingerprint density at radius 3 is 2.57 bits per heavy atom. The van der Waals surface area contributed by atoms with Gasteiger partial charge >= 0.3 is 0 Å². The molecule has 0 aliphatic carbocycles. The van der Waals surface area contributed by atoms with Crippen molar-refractivity contribution in [3.05, 3.63) is 42.5 Å². The molecule has 0 fully saturated rings. The molecule has 0 heterocycles. The lowest BCUT2D eigenvalue weighted by molar-refractivity contribution is -0.126. The largest absolute Gasteiger partial charge is 0.347 e. The molecule has 2 aromatic carbocycles. The first-order valence-corrected chi connectivity index (χ1v) is 7.17. The monoisotopic (exact) mass is 284 g/mol. The Bertz CT molecular complexity index is 647. The van der Waals surface area contributed by atoms with Crippen molar-refractivity contribution < 1.29 is 9.59 Å². The van der Waals surface area contributed by atoms with Crippen LogP contribution < -0.4 is 10.6 Å². The van der Waals surface area contributed by atoms with Crippen molar-refractivity contribution in [3.8, 4) is 0 Å². The van der Waals surface area contributed by atoms with Crippen LogP contribution in [0.1, 0.15) is 20.3 Å². The number of carbonyl (C=O) groups excluding carboxylic acids is 2. The second kappa shape index (κ2) is 6.88. The molecule has 0 saturated carbocycles. The zero-order valence-electron chi connectivity index (χ0n) is 12.3. The van der Waals surface area contributed by atoms with E-state index in [9.17, 15) is 9.59 Å². The van der Waals surface area contributed by atoms with E-state index in [4.69, 9.17) is 0 Å². The highest BCUT2D eigenvalue weighted by molar-refractivity contribution is 6.03. The summed E-state index contributed by atoms with van der Waals surface area (Å²) < 4.78 is 0. The molecule has 2 N–H and O–H groups in total. The van der Waals surface area contributed by atoms with Crippen LogP contribution >= 0.6 is 0 Å². The van der Waals surface area contributed by atoms with Crippen LogP contribution in [0.3, 0.4) is 0 Å². The van der Waals surface area contributed by atoms with Crippen LogP contribution in [-0.2, 0) is 9.59 Å². The summed E-state index contributed by atoms with van der Waals surface area (Å²) in [6.45, 7) is 3.78. The van der Waals surface area contributed by atoms with E-state index in [-0.39, 0.29) is 24.3 Å². The molecule has 0 bridgehead atoms. The Labute approximate surface area is 124 Å². The average Bonchev–Trinajstić information content (AvgIpc) is 2.52. The molecule has 0 radical (unpaired) electrons. The lowest BCUT2D eigenvalue weighted by Crippen LogP contribution is -2.35. The number of anilines is 1. The highest BCUT2D eigenvalue weighted by atomic mass is 16.2. The van der Waals surface area contributed by atoms with E-state index in [1.165, 1.54) is 0 Å². The summed E-state index contributed by atoms with van der Waals surface area (Å²) in [5, 5.41) is 7.55. The minimum Gasteiger partial charge on any atom is -0.347 e. The summed E-state index contributed by atoms with van der Waals surface area (Å²) in [5.74, 6) is -0.385. The minimum absolute atomic E-state index is 0.00755. The third kappa shape index (κ3) is 3.81. The Kier molecular flexibility index (Phi) is 4.93. The Morgan fingerprint density at radius 2 is 1.81 bits per heavy atom. The van der Waals surface area contributed by atoms with Crippen LogP contribution in [0.5, 0.6) is 0 Å². The van der Waals surface area contributed by atoms with Gasteiger partial charge in [-0.25, -0.2) is 0 Å². The Balaban J connectivity index is 2.00. The molecule has 1 atom stereocenters. The predicted molar refractivity (Wildman–Crippen MR) is 85.0 cm³/mol. The maximum absolute atomic E-state index is 11.9. The van der Waals surface area contributed by atoms with E-state index in [2.05, 4.69) is 10.6 Å². The van der Waals surface area contributed by atoms with Crippen LogP contribution in [0.15, 0.2) is 42.5 Å². The van der Waals surface area contributed by atoms with Gasteiger partial charge in [0.1, 0.15) is 0 Å². The number of rotatable bonds is 5. The van der Waals surface area contributed by atoms with Gasteiger partial charge < -0.3 is 10.6 Å². The molecule has 0 spiro atoms. The molecule has 0 aliphatic rings. The van der Waals surface area contributed by atoms with E-state index >= 15 is 0 Å². The quantitative estimate of drug-likeness (QED) is 0.887. The molecule has 2 rings (SSSR count). The van der Waals surface area contributed by atoms with E-state index in [1.807, 2.05) is 56.3 Å². The SMILES string of the molecule is CCC(C)C(=O)NCC(=O)Nc1cccc2ccccc12. The summed E-state index contributed by atoms with van der Waals surface area (Å²) in [6, 6.07) is 13.6. The second-order valence-corrected chi connectivity index (χ2v) is 5.10. The Morgan fingerprint density at radius 1 is 1.10 bits per heavy atom. The molecule has 110 valence electrons. The second-order valence-electron chi connectivity index (χ2n) is 5.10. The van der Waals surface area contributed by atoms with Crippen molar-refractivity contribution in [2.75, 3.05) is 11.9 Å². The fourth-order valence-electron chi connectivity index (χ4n) is 2.06. The summed E-state index contributed by atoms with van der Waals surface area (Å²) in [6.07, 6.45) is 0.761. The smallest absolute Gasteiger partial charge is 0.243 e. The molecule has 21 heavy (non-hydrogen) atoms. The lowest BCUT2D eigenvalue weighted by atomic mass is 10.1. The maximum atomic E-state index is 11.9. The van der Waals surface area contributed by atoms with Gasteiger partial charge in [0.15, 0.2) is 0 Å². The summed E-state index contributed by atoms with van der Waals surface area (Å²) in [4.78, 5) is 23.6. The van der Waals surface area contributed by atoms with Gasteiger partial charge in [-0.3, -0.25) is 9.59 Å². The topological polar surface area (TPSA) is 58.2 Å². The Hall–Kier alpha value is -2.36. The highest BCUT2D eigenvalue weighted by Gasteiger charge is 2.12. The number of carbonyl (C=O) groups is 2. The van der Waals surface area contributed by atoms with Crippen molar-refractivity contribution in [2.24, 2.45) is 5.92 Å². The summed E-state index contributed by atoms with van der Waals surface area (Å²) in [5.41, 5.74) is 0.760. The highest BCUT2D eigenvalue weighted by Crippen LogP contribution is 2.22. The average molecular weight is 284 g/mol. The number of nitrogens with one attached hydrogen (secondary N) is 2. The molecular weight excluding hydrogens is 264 g/mol. The van der Waals surface area contributed by atoms with E-state index in [1.54, 1.807) is 0 Å². The van der Waals surface area contributed by atoms with Gasteiger partial charge in [-0.05, 0) is 17.9 Å². The van der Waals surface area contributed by atoms with Crippen LogP contribution in [0.2, 0.25) is 0 Å². The van der Waals surface area contributed by atoms with Gasteiger partial charge in [-0.1, -0.05) is 50.2 Å². The van der Waals surface area contributed by atoms with Gasteiger partial charge in [0.05, 0.1) is 6.54 Å². The number of hydrogen-bond acceptors (Lipinski definition) is 2. The molecule has 0 aromatic heterocycles. The molecule has 4 heteroatoms. The van der Waals surface area contributed by atoms with Crippen LogP contribution in [0.25, 0.3) is 10.8 Å². The maximum Gasteiger partial charge on any atom is 0.243 e. The van der Waals surface area contributed by atoms with E-state index in [0.29, 0.717) is 0 Å². The molecular formula is C17H20N2O2. The van der Waals surface area contributed by atoms with Gasteiger partial charge in [-0.15, -0.1) is 0 Å². The van der Waals surface area contributed by atoms with Crippen molar-refractivity contribution in [1.82, 2.24) is 5.32 Å². The fourth-order valence-corrected chi connectivity index (χ4v) is 2.06. The predicted octanol–water partition coefficient (Wildman–Crippen LogP) is 2.94. The molecule has 2 amide bonds. The van der Waals surface area contributed by atoms with Gasteiger partial charge in [-0.2, -0.15) is 0 Å². The van der Waals surface area contributed by atoms with Crippen molar-refractivity contribution in [3.63, 3.8) is 0 Å². The van der Waals surface area contributed by atoms with Crippen molar-refractivity contribution in [2.45, 2.75) is 20.3 Å². The standard InChI is InChI=1S/C17H20N2O2/c1-3-12(2)17(21)18-11-16(20)19-15-10-6-8-13-7-4-5-9-14(13)15/h4-10,12H,3,11H2,1-2H3,(H,18,21)(H,19,20). The first-order valence-electron chi connectivity index (χ1n) is 7.17. The molecule has 4 nitrogen and oxygen atoms in total. The number of fused-ring (bicyclic) bond motifs is 1. The van der Waals surface area contributed by atoms with Gasteiger partial charge in [0.2, 0.25) is 11.8 Å². The van der Waals surface area contributed by atoms with Crippen LogP contribution in [0.4, 0.5) is 5.69 Å². The third-order valence-corrected chi connectivity index (χ3v) is 3.55. The summed E-state index contributed by atoms with van der Waals surface area (Å²) >= 11 is 0. The lowest BCUT2D eigenvalue weighted by Gasteiger charge is -2.11. The number of hydrogen-bond donors (Lipinski definition) is 2. The summed E-state index contributed by atoms with van der Waals surface area (Å²) in [7, 11) is 0. The molecule has 0 saturated heterocycles. The molecule has 2 aromatic rings. The van der Waals surface area contributed by atoms with E-state index in [0.717, 1.165) is 22.9 Å². The first kappa shape index (κ1) is 15.0. The fraction of sp³-hybridized carbons (Fsp3) is 0.294. The van der Waals surface area contributed by atoms with Gasteiger partial charge in [0.25, 0.3) is 0 Å². The number of benzene rings is 2. The van der Waals surface area contributed by atoms with Gasteiger partial charge in [0, 0.05) is 17.0 Å². The van der Waals surface area contributed by atoms with Crippen LogP contribution in [-0.4, -0.2) is 18.4 Å². The third-order valence-electron chi connectivity index (χ3n) is 3.55. The van der Waals surface area contributed by atoms with E-state index < -0.39 is 0 Å². The minimum atomic E-state index is -0.219. The normalized spacial score (nSPS) is 11.9. The zero-order chi connectivity index (χ0) is 15.2.